The molecule has 0 amide bonds. The lowest BCUT2D eigenvalue weighted by Gasteiger charge is -2.30. The fraction of sp³-hybridized carbons (Fsp3) is 0.474. The molecule has 2 aromatic heterocycles. The van der Waals surface area contributed by atoms with Crippen LogP contribution in [0.5, 0.6) is 0 Å². The van der Waals surface area contributed by atoms with Gasteiger partial charge in [0.05, 0.1) is 12.8 Å². The van der Waals surface area contributed by atoms with Gasteiger partial charge in [-0.25, -0.2) is 9.78 Å². The van der Waals surface area contributed by atoms with Gasteiger partial charge >= 0.3 is 5.97 Å². The zero-order chi connectivity index (χ0) is 20.8. The lowest BCUT2D eigenvalue weighted by Crippen LogP contribution is -2.42. The lowest BCUT2D eigenvalue weighted by molar-refractivity contribution is 0.0607. The van der Waals surface area contributed by atoms with Crippen molar-refractivity contribution in [3.8, 4) is 0 Å². The van der Waals surface area contributed by atoms with Gasteiger partial charge in [-0.3, -0.25) is 0 Å². The number of nitrogens with one attached hydrogen (secondary N) is 3. The van der Waals surface area contributed by atoms with Crippen LogP contribution in [0.15, 0.2) is 23.7 Å². The molecule has 1 aliphatic rings. The molecule has 0 spiro atoms. The van der Waals surface area contributed by atoms with E-state index in [1.165, 1.54) is 18.4 Å². The van der Waals surface area contributed by atoms with Gasteiger partial charge in [0, 0.05) is 32.4 Å². The Hall–Kier alpha value is -2.46. The molecule has 156 valence electrons. The quantitative estimate of drug-likeness (QED) is 0.468. The van der Waals surface area contributed by atoms with Crippen LogP contribution in [0.4, 0.5) is 17.5 Å². The SMILES string of the molecule is COC(=O)c1sccc1NC(=S)N[C@H]1CC[C@@H](Nc2nccc(N(C)C)n2)CC1. The van der Waals surface area contributed by atoms with Gasteiger partial charge < -0.3 is 25.6 Å². The van der Waals surface area contributed by atoms with Crippen molar-refractivity contribution in [1.29, 1.82) is 0 Å². The summed E-state index contributed by atoms with van der Waals surface area (Å²) in [6, 6.07) is 4.35. The Balaban J connectivity index is 1.46. The highest BCUT2D eigenvalue weighted by Gasteiger charge is 2.23. The molecule has 29 heavy (non-hydrogen) atoms. The van der Waals surface area contributed by atoms with Gasteiger partial charge in [-0.15, -0.1) is 11.3 Å². The topological polar surface area (TPSA) is 91.4 Å². The fourth-order valence-electron chi connectivity index (χ4n) is 3.23. The molecule has 0 saturated heterocycles. The summed E-state index contributed by atoms with van der Waals surface area (Å²) in [6.07, 6.45) is 5.75. The Kier molecular flexibility index (Phi) is 7.21. The van der Waals surface area contributed by atoms with Crippen molar-refractivity contribution in [2.45, 2.75) is 37.8 Å². The van der Waals surface area contributed by atoms with Crippen LogP contribution >= 0.6 is 23.6 Å². The summed E-state index contributed by atoms with van der Waals surface area (Å²) in [4.78, 5) is 23.1. The lowest BCUT2D eigenvalue weighted by atomic mass is 9.91. The molecule has 0 aromatic carbocycles. The smallest absolute Gasteiger partial charge is 0.350 e. The molecule has 0 unspecified atom stereocenters. The maximum atomic E-state index is 11.8. The molecular formula is C19H26N6O2S2. The number of aromatic nitrogens is 2. The van der Waals surface area contributed by atoms with Crippen LogP contribution in [0.1, 0.15) is 35.4 Å². The summed E-state index contributed by atoms with van der Waals surface area (Å²) >= 11 is 6.75. The number of carbonyl (C=O) groups is 1. The molecule has 3 rings (SSSR count). The second-order valence-corrected chi connectivity index (χ2v) is 8.40. The number of thiophene rings is 1. The minimum absolute atomic E-state index is 0.294. The number of anilines is 3. The number of nitrogens with zero attached hydrogens (tertiary/aromatic N) is 3. The number of ether oxygens (including phenoxy) is 1. The van der Waals surface area contributed by atoms with Crippen molar-refractivity contribution < 1.29 is 9.53 Å². The molecule has 0 atom stereocenters. The van der Waals surface area contributed by atoms with E-state index in [1.807, 2.05) is 36.5 Å². The molecule has 2 aromatic rings. The summed E-state index contributed by atoms with van der Waals surface area (Å²) in [5.41, 5.74) is 0.674. The number of hydrogen-bond donors (Lipinski definition) is 3. The van der Waals surface area contributed by atoms with Crippen molar-refractivity contribution in [2.24, 2.45) is 0 Å². The molecule has 0 bridgehead atoms. The summed E-state index contributed by atoms with van der Waals surface area (Å²) in [7, 11) is 5.30. The average Bonchev–Trinajstić information content (AvgIpc) is 3.17. The summed E-state index contributed by atoms with van der Waals surface area (Å²) in [5.74, 6) is 1.18. The Morgan fingerprint density at radius 2 is 1.97 bits per heavy atom. The number of carbonyl (C=O) groups excluding carboxylic acids is 1. The number of methoxy groups -OCH3 is 1. The zero-order valence-electron chi connectivity index (χ0n) is 16.8. The van der Waals surface area contributed by atoms with E-state index in [2.05, 4.69) is 25.9 Å². The second-order valence-electron chi connectivity index (χ2n) is 7.08. The molecule has 1 aliphatic carbocycles. The maximum Gasteiger partial charge on any atom is 0.350 e. The molecule has 2 heterocycles. The van der Waals surface area contributed by atoms with Gasteiger partial charge in [-0.05, 0) is 55.4 Å². The van der Waals surface area contributed by atoms with Crippen LogP contribution in [0, 0.1) is 0 Å². The van der Waals surface area contributed by atoms with E-state index in [9.17, 15) is 4.79 Å². The second kappa shape index (κ2) is 9.84. The van der Waals surface area contributed by atoms with E-state index < -0.39 is 0 Å². The average molecular weight is 435 g/mol. The van der Waals surface area contributed by atoms with E-state index in [1.54, 1.807) is 6.20 Å². The molecule has 1 saturated carbocycles. The third-order valence-corrected chi connectivity index (χ3v) is 5.89. The van der Waals surface area contributed by atoms with Crippen LogP contribution in [-0.2, 0) is 4.74 Å². The Labute approximate surface area is 180 Å². The van der Waals surface area contributed by atoms with Crippen molar-refractivity contribution in [1.82, 2.24) is 15.3 Å². The first kappa shape index (κ1) is 21.3. The molecule has 1 fully saturated rings. The van der Waals surface area contributed by atoms with Gasteiger partial charge in [0.15, 0.2) is 5.11 Å². The van der Waals surface area contributed by atoms with Crippen molar-refractivity contribution in [3.05, 3.63) is 28.6 Å². The first-order valence-corrected chi connectivity index (χ1v) is 10.7. The molecular weight excluding hydrogens is 408 g/mol. The Morgan fingerprint density at radius 1 is 1.24 bits per heavy atom. The number of thiocarbonyl (C=S) groups is 1. The third kappa shape index (κ3) is 5.77. The highest BCUT2D eigenvalue weighted by molar-refractivity contribution is 7.80. The van der Waals surface area contributed by atoms with Gasteiger partial charge in [0.1, 0.15) is 10.7 Å². The number of rotatable bonds is 6. The minimum atomic E-state index is -0.363. The zero-order valence-corrected chi connectivity index (χ0v) is 18.4. The first-order chi connectivity index (χ1) is 14.0. The van der Waals surface area contributed by atoms with Gasteiger partial charge in [0.25, 0.3) is 0 Å². The van der Waals surface area contributed by atoms with E-state index in [0.29, 0.717) is 33.7 Å². The highest BCUT2D eigenvalue weighted by Crippen LogP contribution is 2.24. The summed E-state index contributed by atoms with van der Waals surface area (Å²) in [5, 5.41) is 12.3. The third-order valence-electron chi connectivity index (χ3n) is 4.78. The van der Waals surface area contributed by atoms with Crippen LogP contribution in [0.3, 0.4) is 0 Å². The van der Waals surface area contributed by atoms with Crippen molar-refractivity contribution in [2.75, 3.05) is 36.7 Å². The minimum Gasteiger partial charge on any atom is -0.465 e. The number of hydrogen-bond acceptors (Lipinski definition) is 8. The van der Waals surface area contributed by atoms with E-state index in [0.717, 1.165) is 31.5 Å². The van der Waals surface area contributed by atoms with E-state index in [4.69, 9.17) is 17.0 Å². The van der Waals surface area contributed by atoms with Crippen molar-refractivity contribution in [3.63, 3.8) is 0 Å². The normalized spacial score (nSPS) is 18.6. The van der Waals surface area contributed by atoms with Gasteiger partial charge in [-0.1, -0.05) is 0 Å². The fourth-order valence-corrected chi connectivity index (χ4v) is 4.28. The van der Waals surface area contributed by atoms with Gasteiger partial charge in [-0.2, -0.15) is 4.98 Å². The Bertz CT molecular complexity index is 849. The monoisotopic (exact) mass is 434 g/mol. The molecule has 0 aliphatic heterocycles. The molecule has 0 radical (unpaired) electrons. The highest BCUT2D eigenvalue weighted by atomic mass is 32.1. The maximum absolute atomic E-state index is 11.8. The van der Waals surface area contributed by atoms with E-state index in [-0.39, 0.29) is 5.97 Å². The largest absolute Gasteiger partial charge is 0.465 e. The standard InChI is InChI=1S/C19H26N6O2S2/c1-25(2)15-8-10-20-18(24-15)21-12-4-6-13(7-5-12)22-19(28)23-14-9-11-29-16(14)17(26)27-3/h8-13H,4-7H2,1-3H3,(H,20,21,24)(H2,22,23,28)/t12-,13+. The number of esters is 1. The predicted octanol–water partition coefficient (Wildman–Crippen LogP) is 3.10. The van der Waals surface area contributed by atoms with Crippen LogP contribution in [0.25, 0.3) is 0 Å². The van der Waals surface area contributed by atoms with Crippen LogP contribution < -0.4 is 20.9 Å². The van der Waals surface area contributed by atoms with Crippen LogP contribution in [0.2, 0.25) is 0 Å². The summed E-state index contributed by atoms with van der Waals surface area (Å²) < 4.78 is 4.80. The van der Waals surface area contributed by atoms with Gasteiger partial charge in [0.2, 0.25) is 5.95 Å². The first-order valence-electron chi connectivity index (χ1n) is 9.46. The predicted molar refractivity (Wildman–Crippen MR) is 121 cm³/mol. The molecule has 3 N–H and O–H groups in total. The molecule has 8 nitrogen and oxygen atoms in total. The summed E-state index contributed by atoms with van der Waals surface area (Å²) in [6.45, 7) is 0. The van der Waals surface area contributed by atoms with Crippen molar-refractivity contribution >= 4 is 52.1 Å². The van der Waals surface area contributed by atoms with E-state index >= 15 is 0 Å². The Morgan fingerprint density at radius 3 is 2.66 bits per heavy atom. The van der Waals surface area contributed by atoms with Crippen LogP contribution in [-0.4, -0.2) is 54.3 Å². The molecule has 10 heteroatoms.